The SMILES string of the molecule is CCCCCCCCCCCCC=CC(Sc1ncc(C(=O)O)n1C)C(O)CCC(=O)O. The van der Waals surface area contributed by atoms with Gasteiger partial charge < -0.3 is 19.9 Å². The maximum absolute atomic E-state index is 11.2. The zero-order valence-electron chi connectivity index (χ0n) is 19.5. The van der Waals surface area contributed by atoms with E-state index in [4.69, 9.17) is 5.11 Å². The summed E-state index contributed by atoms with van der Waals surface area (Å²) >= 11 is 1.25. The average molecular weight is 469 g/mol. The minimum absolute atomic E-state index is 0.0700. The van der Waals surface area contributed by atoms with Crippen molar-refractivity contribution in [2.24, 2.45) is 7.05 Å². The standard InChI is InChI=1S/C24H40N2O5S/c1-3-4-5-6-7-8-9-10-11-12-13-14-15-21(20(27)16-17-22(28)29)32-24-25-18-19(23(30)31)26(24)2/h14-15,18,20-21,27H,3-13,16-17H2,1-2H3,(H,28,29)(H,30,31). The molecule has 0 amide bonds. The van der Waals surface area contributed by atoms with Crippen molar-refractivity contribution >= 4 is 23.7 Å². The van der Waals surface area contributed by atoms with E-state index in [1.165, 1.54) is 80.3 Å². The maximum atomic E-state index is 11.2. The van der Waals surface area contributed by atoms with Gasteiger partial charge in [0.2, 0.25) is 0 Å². The van der Waals surface area contributed by atoms with Crippen LogP contribution in [0, 0.1) is 0 Å². The molecule has 1 aromatic heterocycles. The molecule has 0 aromatic carbocycles. The number of aromatic carboxylic acids is 1. The van der Waals surface area contributed by atoms with E-state index < -0.39 is 18.0 Å². The van der Waals surface area contributed by atoms with E-state index in [1.807, 2.05) is 12.2 Å². The van der Waals surface area contributed by atoms with Gasteiger partial charge in [0.15, 0.2) is 5.16 Å². The first-order chi connectivity index (χ1) is 15.4. The number of hydrogen-bond acceptors (Lipinski definition) is 5. The second-order valence-corrected chi connectivity index (χ2v) is 9.42. The van der Waals surface area contributed by atoms with Crippen molar-refractivity contribution in [3.8, 4) is 0 Å². The van der Waals surface area contributed by atoms with Crippen LogP contribution in [0.5, 0.6) is 0 Å². The molecule has 2 unspecified atom stereocenters. The summed E-state index contributed by atoms with van der Waals surface area (Å²) in [6.45, 7) is 2.24. The van der Waals surface area contributed by atoms with Crippen LogP contribution < -0.4 is 0 Å². The molecule has 32 heavy (non-hydrogen) atoms. The normalized spacial score (nSPS) is 13.5. The fourth-order valence-corrected chi connectivity index (χ4v) is 4.58. The highest BCUT2D eigenvalue weighted by atomic mass is 32.2. The first-order valence-electron chi connectivity index (χ1n) is 11.8. The lowest BCUT2D eigenvalue weighted by Crippen LogP contribution is -2.23. The lowest BCUT2D eigenvalue weighted by atomic mass is 10.1. The minimum atomic E-state index is -1.06. The summed E-state index contributed by atoms with van der Waals surface area (Å²) < 4.78 is 1.47. The second-order valence-electron chi connectivity index (χ2n) is 8.27. The largest absolute Gasteiger partial charge is 0.481 e. The molecule has 3 N–H and O–H groups in total. The zero-order valence-corrected chi connectivity index (χ0v) is 20.4. The lowest BCUT2D eigenvalue weighted by molar-refractivity contribution is -0.137. The number of carboxylic acid groups (broad SMARTS) is 2. The number of aliphatic hydroxyl groups is 1. The van der Waals surface area contributed by atoms with Gasteiger partial charge in [0.05, 0.1) is 17.6 Å². The van der Waals surface area contributed by atoms with Crippen molar-refractivity contribution in [1.82, 2.24) is 9.55 Å². The van der Waals surface area contributed by atoms with Crippen LogP contribution in [-0.4, -0.2) is 48.2 Å². The van der Waals surface area contributed by atoms with Crippen LogP contribution in [0.2, 0.25) is 0 Å². The Labute approximate surface area is 196 Å². The van der Waals surface area contributed by atoms with Crippen molar-refractivity contribution in [3.05, 3.63) is 24.0 Å². The molecule has 0 saturated heterocycles. The molecule has 7 nitrogen and oxygen atoms in total. The van der Waals surface area contributed by atoms with Crippen LogP contribution >= 0.6 is 11.8 Å². The molecule has 1 heterocycles. The quantitative estimate of drug-likeness (QED) is 0.136. The molecular formula is C24H40N2O5S. The predicted octanol–water partition coefficient (Wildman–Crippen LogP) is 5.67. The second kappa shape index (κ2) is 16.8. The molecule has 0 aliphatic rings. The third-order valence-corrected chi connectivity index (χ3v) is 6.82. The summed E-state index contributed by atoms with van der Waals surface area (Å²) in [7, 11) is 1.62. The Bertz CT molecular complexity index is 705. The van der Waals surface area contributed by atoms with Gasteiger partial charge in [0.1, 0.15) is 5.69 Å². The van der Waals surface area contributed by atoms with Crippen LogP contribution in [0.4, 0.5) is 0 Å². The Hall–Kier alpha value is -1.80. The molecule has 2 atom stereocenters. The van der Waals surface area contributed by atoms with E-state index in [0.717, 1.165) is 12.8 Å². The van der Waals surface area contributed by atoms with Gasteiger partial charge in [0.25, 0.3) is 0 Å². The van der Waals surface area contributed by atoms with Crippen LogP contribution in [0.15, 0.2) is 23.5 Å². The summed E-state index contributed by atoms with van der Waals surface area (Å²) in [5.74, 6) is -2.02. The van der Waals surface area contributed by atoms with E-state index in [-0.39, 0.29) is 23.8 Å². The van der Waals surface area contributed by atoms with E-state index in [9.17, 15) is 19.8 Å². The summed E-state index contributed by atoms with van der Waals surface area (Å²) in [6.07, 6.45) is 18.1. The minimum Gasteiger partial charge on any atom is -0.481 e. The molecule has 8 heteroatoms. The number of imidazole rings is 1. The van der Waals surface area contributed by atoms with E-state index in [1.54, 1.807) is 7.05 Å². The third-order valence-electron chi connectivity index (χ3n) is 5.49. The smallest absolute Gasteiger partial charge is 0.354 e. The molecular weight excluding hydrogens is 428 g/mol. The van der Waals surface area contributed by atoms with E-state index in [2.05, 4.69) is 11.9 Å². The number of aliphatic hydroxyl groups excluding tert-OH is 1. The third kappa shape index (κ3) is 11.7. The topological polar surface area (TPSA) is 113 Å². The Balaban J connectivity index is 2.46. The lowest BCUT2D eigenvalue weighted by Gasteiger charge is -2.18. The molecule has 0 bridgehead atoms. The molecule has 0 spiro atoms. The number of thioether (sulfide) groups is 1. The Kier molecular flexibility index (Phi) is 14.8. The molecule has 0 radical (unpaired) electrons. The number of allylic oxidation sites excluding steroid dienone is 1. The summed E-state index contributed by atoms with van der Waals surface area (Å²) in [4.78, 5) is 26.3. The highest BCUT2D eigenvalue weighted by molar-refractivity contribution is 8.00. The van der Waals surface area contributed by atoms with Gasteiger partial charge in [-0.15, -0.1) is 0 Å². The molecule has 0 saturated carbocycles. The van der Waals surface area contributed by atoms with Crippen molar-refractivity contribution in [3.63, 3.8) is 0 Å². The summed E-state index contributed by atoms with van der Waals surface area (Å²) in [6, 6.07) is 0. The Morgan fingerprint density at radius 3 is 2.19 bits per heavy atom. The van der Waals surface area contributed by atoms with E-state index in [0.29, 0.717) is 5.16 Å². The van der Waals surface area contributed by atoms with E-state index >= 15 is 0 Å². The van der Waals surface area contributed by atoms with Gasteiger partial charge in [-0.1, -0.05) is 88.6 Å². The fraction of sp³-hybridized carbons (Fsp3) is 0.708. The van der Waals surface area contributed by atoms with Gasteiger partial charge in [-0.05, 0) is 19.3 Å². The number of carboxylic acids is 2. The predicted molar refractivity (Wildman–Crippen MR) is 128 cm³/mol. The summed E-state index contributed by atoms with van der Waals surface area (Å²) in [5.41, 5.74) is 0.0700. The van der Waals surface area contributed by atoms with Crippen LogP contribution in [0.25, 0.3) is 0 Å². The van der Waals surface area contributed by atoms with Gasteiger partial charge >= 0.3 is 11.9 Å². The highest BCUT2D eigenvalue weighted by Crippen LogP contribution is 2.28. The van der Waals surface area contributed by atoms with Crippen LogP contribution in [0.3, 0.4) is 0 Å². The zero-order chi connectivity index (χ0) is 23.8. The van der Waals surface area contributed by atoms with Crippen molar-refractivity contribution in [2.45, 2.75) is 107 Å². The fourth-order valence-electron chi connectivity index (χ4n) is 3.48. The number of nitrogens with zero attached hydrogens (tertiary/aromatic N) is 2. The van der Waals surface area contributed by atoms with Crippen molar-refractivity contribution in [1.29, 1.82) is 0 Å². The molecule has 0 aliphatic heterocycles. The van der Waals surface area contributed by atoms with Gasteiger partial charge in [-0.2, -0.15) is 0 Å². The van der Waals surface area contributed by atoms with Crippen molar-refractivity contribution < 1.29 is 24.9 Å². The number of unbranched alkanes of at least 4 members (excludes halogenated alkanes) is 10. The molecule has 0 fully saturated rings. The number of hydrogen-bond donors (Lipinski definition) is 3. The number of aromatic nitrogens is 2. The monoisotopic (exact) mass is 468 g/mol. The molecule has 1 aromatic rings. The number of rotatable bonds is 19. The summed E-state index contributed by atoms with van der Waals surface area (Å²) in [5, 5.41) is 28.7. The number of aliphatic carboxylic acids is 1. The Morgan fingerprint density at radius 1 is 1.06 bits per heavy atom. The Morgan fingerprint density at radius 2 is 1.66 bits per heavy atom. The number of carbonyl (C=O) groups is 2. The van der Waals surface area contributed by atoms with Gasteiger partial charge in [-0.25, -0.2) is 9.78 Å². The highest BCUT2D eigenvalue weighted by Gasteiger charge is 2.22. The maximum Gasteiger partial charge on any atom is 0.354 e. The molecule has 0 aliphatic carbocycles. The van der Waals surface area contributed by atoms with Gasteiger partial charge in [0, 0.05) is 13.5 Å². The van der Waals surface area contributed by atoms with Crippen LogP contribution in [0.1, 0.15) is 101 Å². The van der Waals surface area contributed by atoms with Gasteiger partial charge in [-0.3, -0.25) is 4.79 Å². The molecule has 1 rings (SSSR count). The molecule has 182 valence electrons. The first kappa shape index (κ1) is 28.2. The first-order valence-corrected chi connectivity index (χ1v) is 12.7. The van der Waals surface area contributed by atoms with Crippen molar-refractivity contribution in [2.75, 3.05) is 0 Å². The van der Waals surface area contributed by atoms with Crippen LogP contribution in [-0.2, 0) is 11.8 Å². The average Bonchev–Trinajstić information content (AvgIpc) is 3.12.